The number of nitrogens with zero attached hydrogens (tertiary/aromatic N) is 3. The van der Waals surface area contributed by atoms with Crippen molar-refractivity contribution in [2.24, 2.45) is 0 Å². The summed E-state index contributed by atoms with van der Waals surface area (Å²) in [6.45, 7) is 0. The fraction of sp³-hybridized carbons (Fsp3) is 0.222. The summed E-state index contributed by atoms with van der Waals surface area (Å²) < 4.78 is 0. The molecule has 0 saturated heterocycles. The SMILES string of the molecule is O=C(Cc1ccc2c(c1)CCC2)Nc1n[nH]c(-c2ccccn2)n1. The van der Waals surface area contributed by atoms with E-state index in [1.54, 1.807) is 6.20 Å². The zero-order chi connectivity index (χ0) is 16.4. The van der Waals surface area contributed by atoms with Crippen molar-refractivity contribution in [2.45, 2.75) is 25.7 Å². The van der Waals surface area contributed by atoms with E-state index >= 15 is 0 Å². The number of hydrogen-bond acceptors (Lipinski definition) is 4. The van der Waals surface area contributed by atoms with E-state index in [2.05, 4.69) is 37.6 Å². The van der Waals surface area contributed by atoms with E-state index in [-0.39, 0.29) is 11.9 Å². The minimum absolute atomic E-state index is 0.125. The van der Waals surface area contributed by atoms with Crippen molar-refractivity contribution >= 4 is 11.9 Å². The van der Waals surface area contributed by atoms with Gasteiger partial charge in [-0.05, 0) is 48.1 Å². The van der Waals surface area contributed by atoms with Crippen molar-refractivity contribution in [2.75, 3.05) is 5.32 Å². The Morgan fingerprint density at radius 1 is 1.17 bits per heavy atom. The van der Waals surface area contributed by atoms with Crippen LogP contribution in [0.4, 0.5) is 5.95 Å². The van der Waals surface area contributed by atoms with E-state index in [4.69, 9.17) is 0 Å². The molecule has 6 nitrogen and oxygen atoms in total. The number of rotatable bonds is 4. The van der Waals surface area contributed by atoms with Gasteiger partial charge in [-0.3, -0.25) is 20.2 Å². The summed E-state index contributed by atoms with van der Waals surface area (Å²) in [4.78, 5) is 20.7. The number of carbonyl (C=O) groups excluding carboxylic acids is 1. The van der Waals surface area contributed by atoms with Crippen molar-refractivity contribution in [1.29, 1.82) is 0 Å². The predicted molar refractivity (Wildman–Crippen MR) is 90.4 cm³/mol. The Hall–Kier alpha value is -3.02. The summed E-state index contributed by atoms with van der Waals surface area (Å²) in [6, 6.07) is 11.8. The predicted octanol–water partition coefficient (Wildman–Crippen LogP) is 2.54. The van der Waals surface area contributed by atoms with Gasteiger partial charge in [-0.2, -0.15) is 4.98 Å². The molecule has 0 radical (unpaired) electrons. The van der Waals surface area contributed by atoms with Crippen LogP contribution in [0.15, 0.2) is 42.6 Å². The number of fused-ring (bicyclic) bond motifs is 1. The molecule has 3 aromatic rings. The highest BCUT2D eigenvalue weighted by Crippen LogP contribution is 2.23. The second-order valence-electron chi connectivity index (χ2n) is 5.90. The van der Waals surface area contributed by atoms with Crippen LogP contribution >= 0.6 is 0 Å². The Balaban J connectivity index is 1.42. The quantitative estimate of drug-likeness (QED) is 0.774. The smallest absolute Gasteiger partial charge is 0.249 e. The first-order valence-corrected chi connectivity index (χ1v) is 8.02. The summed E-state index contributed by atoms with van der Waals surface area (Å²) >= 11 is 0. The van der Waals surface area contributed by atoms with Crippen molar-refractivity contribution in [3.8, 4) is 11.5 Å². The number of aromatic nitrogens is 4. The minimum Gasteiger partial charge on any atom is -0.293 e. The molecule has 2 N–H and O–H groups in total. The molecule has 0 atom stereocenters. The second kappa shape index (κ2) is 6.23. The van der Waals surface area contributed by atoms with E-state index in [1.807, 2.05) is 24.3 Å². The Bertz CT molecular complexity index is 872. The summed E-state index contributed by atoms with van der Waals surface area (Å²) in [7, 11) is 0. The standard InChI is InChI=1S/C18H17N5O/c24-16(11-12-7-8-13-4-3-5-14(13)10-12)20-18-21-17(22-23-18)15-6-1-2-9-19-15/h1-2,6-10H,3-5,11H2,(H2,20,21,22,23,24). The van der Waals surface area contributed by atoms with Crippen LogP contribution in [0.25, 0.3) is 11.5 Å². The van der Waals surface area contributed by atoms with Gasteiger partial charge in [0.25, 0.3) is 0 Å². The average molecular weight is 319 g/mol. The summed E-state index contributed by atoms with van der Waals surface area (Å²) in [5, 5.41) is 9.54. The van der Waals surface area contributed by atoms with E-state index in [1.165, 1.54) is 17.5 Å². The maximum atomic E-state index is 12.2. The van der Waals surface area contributed by atoms with E-state index in [0.29, 0.717) is 17.9 Å². The maximum absolute atomic E-state index is 12.2. The molecule has 2 aromatic heterocycles. The molecule has 2 heterocycles. The molecule has 0 unspecified atom stereocenters. The topological polar surface area (TPSA) is 83.6 Å². The van der Waals surface area contributed by atoms with Crippen LogP contribution in [0, 0.1) is 0 Å². The van der Waals surface area contributed by atoms with E-state index < -0.39 is 0 Å². The third-order valence-corrected chi connectivity index (χ3v) is 4.17. The van der Waals surface area contributed by atoms with E-state index in [0.717, 1.165) is 18.4 Å². The Morgan fingerprint density at radius 3 is 2.96 bits per heavy atom. The van der Waals surface area contributed by atoms with Gasteiger partial charge < -0.3 is 0 Å². The van der Waals surface area contributed by atoms with Crippen LogP contribution in [0.2, 0.25) is 0 Å². The first-order chi connectivity index (χ1) is 11.8. The van der Waals surface area contributed by atoms with Crippen LogP contribution in [0.3, 0.4) is 0 Å². The number of nitrogens with one attached hydrogen (secondary N) is 2. The summed E-state index contributed by atoms with van der Waals surface area (Å²) in [6.07, 6.45) is 5.47. The number of aromatic amines is 1. The molecule has 1 aliphatic rings. The molecule has 0 saturated carbocycles. The molecule has 1 amide bonds. The highest BCUT2D eigenvalue weighted by Gasteiger charge is 2.13. The van der Waals surface area contributed by atoms with Crippen molar-refractivity contribution in [3.63, 3.8) is 0 Å². The van der Waals surface area contributed by atoms with Gasteiger partial charge in [0.1, 0.15) is 5.69 Å². The molecule has 120 valence electrons. The van der Waals surface area contributed by atoms with Crippen LogP contribution in [0.5, 0.6) is 0 Å². The number of pyridine rings is 1. The molecule has 24 heavy (non-hydrogen) atoms. The van der Waals surface area contributed by atoms with Gasteiger partial charge in [0.05, 0.1) is 6.42 Å². The first kappa shape index (κ1) is 14.6. The normalized spacial score (nSPS) is 12.8. The highest BCUT2D eigenvalue weighted by atomic mass is 16.1. The van der Waals surface area contributed by atoms with Crippen LogP contribution < -0.4 is 5.32 Å². The van der Waals surface area contributed by atoms with E-state index in [9.17, 15) is 4.79 Å². The minimum atomic E-state index is -0.125. The number of benzene rings is 1. The molecular weight excluding hydrogens is 302 g/mol. The lowest BCUT2D eigenvalue weighted by Gasteiger charge is -2.04. The summed E-state index contributed by atoms with van der Waals surface area (Å²) in [5.41, 5.74) is 4.49. The molecule has 0 fully saturated rings. The molecular formula is C18H17N5O. The number of amides is 1. The van der Waals surface area contributed by atoms with Crippen molar-refractivity contribution in [3.05, 3.63) is 59.3 Å². The largest absolute Gasteiger partial charge is 0.293 e. The average Bonchev–Trinajstić information content (AvgIpc) is 3.24. The number of carbonyl (C=O) groups is 1. The zero-order valence-electron chi connectivity index (χ0n) is 13.1. The lowest BCUT2D eigenvalue weighted by molar-refractivity contribution is -0.115. The second-order valence-corrected chi connectivity index (χ2v) is 5.90. The Labute approximate surface area is 139 Å². The van der Waals surface area contributed by atoms with Gasteiger partial charge in [0, 0.05) is 6.20 Å². The zero-order valence-corrected chi connectivity index (χ0v) is 13.1. The fourth-order valence-corrected chi connectivity index (χ4v) is 3.02. The number of hydrogen-bond donors (Lipinski definition) is 2. The van der Waals surface area contributed by atoms with Gasteiger partial charge in [0.15, 0.2) is 5.82 Å². The lowest BCUT2D eigenvalue weighted by atomic mass is 10.0. The highest BCUT2D eigenvalue weighted by molar-refractivity contribution is 5.90. The monoisotopic (exact) mass is 319 g/mol. The van der Waals surface area contributed by atoms with Gasteiger partial charge in [-0.25, -0.2) is 0 Å². The molecule has 1 aliphatic carbocycles. The number of anilines is 1. The van der Waals surface area contributed by atoms with Gasteiger partial charge in [-0.1, -0.05) is 24.3 Å². The van der Waals surface area contributed by atoms with Crippen LogP contribution in [0.1, 0.15) is 23.1 Å². The molecule has 6 heteroatoms. The van der Waals surface area contributed by atoms with Crippen LogP contribution in [-0.4, -0.2) is 26.1 Å². The first-order valence-electron chi connectivity index (χ1n) is 8.02. The third-order valence-electron chi connectivity index (χ3n) is 4.17. The number of H-pyrrole nitrogens is 1. The summed E-state index contributed by atoms with van der Waals surface area (Å²) in [5.74, 6) is 0.671. The molecule has 1 aromatic carbocycles. The van der Waals surface area contributed by atoms with Crippen molar-refractivity contribution < 1.29 is 4.79 Å². The lowest BCUT2D eigenvalue weighted by Crippen LogP contribution is -2.15. The van der Waals surface area contributed by atoms with Gasteiger partial charge in [0.2, 0.25) is 11.9 Å². The van der Waals surface area contributed by atoms with Crippen LogP contribution in [-0.2, 0) is 24.1 Å². The molecule has 0 aliphatic heterocycles. The third kappa shape index (κ3) is 3.03. The molecule has 4 rings (SSSR count). The number of aryl methyl sites for hydroxylation is 2. The van der Waals surface area contributed by atoms with Crippen molar-refractivity contribution in [1.82, 2.24) is 20.2 Å². The molecule has 0 spiro atoms. The maximum Gasteiger partial charge on any atom is 0.249 e. The molecule has 0 bridgehead atoms. The van der Waals surface area contributed by atoms with Gasteiger partial charge in [-0.15, -0.1) is 5.10 Å². The fourth-order valence-electron chi connectivity index (χ4n) is 3.02. The Kier molecular flexibility index (Phi) is 3.78. The Morgan fingerprint density at radius 2 is 2.08 bits per heavy atom. The van der Waals surface area contributed by atoms with Gasteiger partial charge >= 0.3 is 0 Å².